The lowest BCUT2D eigenvalue weighted by molar-refractivity contribution is -0.116. The molecule has 3 N–H and O–H groups in total. The van der Waals surface area contributed by atoms with Crippen molar-refractivity contribution in [3.05, 3.63) is 23.8 Å². The molecule has 5 heteroatoms. The Bertz CT molecular complexity index is 519. The molecule has 0 radical (unpaired) electrons. The van der Waals surface area contributed by atoms with Gasteiger partial charge in [0.2, 0.25) is 5.91 Å². The Morgan fingerprint density at radius 3 is 2.76 bits per heavy atom. The fourth-order valence-corrected chi connectivity index (χ4v) is 2.05. The average molecular weight is 288 g/mol. The van der Waals surface area contributed by atoms with Gasteiger partial charge in [0.25, 0.3) is 0 Å². The Hall–Kier alpha value is -2.06. The summed E-state index contributed by atoms with van der Waals surface area (Å²) in [6, 6.07) is 7.92. The van der Waals surface area contributed by atoms with Crippen molar-refractivity contribution < 1.29 is 4.79 Å². The summed E-state index contributed by atoms with van der Waals surface area (Å²) < 4.78 is 0. The molecule has 1 aromatic rings. The Morgan fingerprint density at radius 2 is 2.14 bits per heavy atom. The zero-order valence-corrected chi connectivity index (χ0v) is 13.0. The van der Waals surface area contributed by atoms with Crippen LogP contribution in [0.4, 0.5) is 11.4 Å². The monoisotopic (exact) mass is 288 g/mol. The number of carbonyl (C=O) groups is 1. The van der Waals surface area contributed by atoms with Crippen molar-refractivity contribution in [3.8, 4) is 6.07 Å². The van der Waals surface area contributed by atoms with Gasteiger partial charge in [0.15, 0.2) is 0 Å². The van der Waals surface area contributed by atoms with E-state index in [1.165, 1.54) is 0 Å². The van der Waals surface area contributed by atoms with E-state index < -0.39 is 0 Å². The van der Waals surface area contributed by atoms with Crippen LogP contribution in [0.2, 0.25) is 0 Å². The van der Waals surface area contributed by atoms with Crippen molar-refractivity contribution in [2.75, 3.05) is 24.1 Å². The topological polar surface area (TPSA) is 82.2 Å². The van der Waals surface area contributed by atoms with Crippen molar-refractivity contribution in [2.45, 2.75) is 39.7 Å². The zero-order valence-electron chi connectivity index (χ0n) is 13.0. The van der Waals surface area contributed by atoms with Gasteiger partial charge in [-0.05, 0) is 38.5 Å². The number of hydrogen-bond donors (Lipinski definition) is 2. The molecule has 0 aliphatic heterocycles. The summed E-state index contributed by atoms with van der Waals surface area (Å²) in [5, 5.41) is 11.5. The first-order valence-corrected chi connectivity index (χ1v) is 7.21. The fourth-order valence-electron chi connectivity index (χ4n) is 2.05. The summed E-state index contributed by atoms with van der Waals surface area (Å²) in [5.74, 6) is -0.0358. The summed E-state index contributed by atoms with van der Waals surface area (Å²) in [4.78, 5) is 14.2. The lowest BCUT2D eigenvalue weighted by Gasteiger charge is -2.25. The Kier molecular flexibility index (Phi) is 6.70. The first kappa shape index (κ1) is 17.0. The van der Waals surface area contributed by atoms with E-state index in [2.05, 4.69) is 30.1 Å². The third kappa shape index (κ3) is 5.84. The molecule has 0 heterocycles. The summed E-state index contributed by atoms with van der Waals surface area (Å²) in [6.07, 6.45) is 0.881. The number of nitrogens with zero attached hydrogens (tertiary/aromatic N) is 2. The van der Waals surface area contributed by atoms with E-state index in [0.29, 0.717) is 37.7 Å². The molecule has 5 nitrogen and oxygen atoms in total. The second-order valence-electron chi connectivity index (χ2n) is 5.41. The number of nitrogen functional groups attached to an aromatic ring is 1. The van der Waals surface area contributed by atoms with Crippen LogP contribution in [-0.2, 0) is 4.79 Å². The molecule has 0 saturated heterocycles. The van der Waals surface area contributed by atoms with Crippen LogP contribution in [0.25, 0.3) is 0 Å². The molecule has 1 amide bonds. The molecule has 0 unspecified atom stereocenters. The van der Waals surface area contributed by atoms with E-state index in [1.54, 1.807) is 6.07 Å². The van der Waals surface area contributed by atoms with E-state index in [4.69, 9.17) is 11.0 Å². The van der Waals surface area contributed by atoms with Crippen molar-refractivity contribution >= 4 is 17.3 Å². The Morgan fingerprint density at radius 1 is 1.43 bits per heavy atom. The van der Waals surface area contributed by atoms with E-state index >= 15 is 0 Å². The summed E-state index contributed by atoms with van der Waals surface area (Å²) >= 11 is 0. The second-order valence-corrected chi connectivity index (χ2v) is 5.41. The van der Waals surface area contributed by atoms with Gasteiger partial charge in [-0.2, -0.15) is 5.26 Å². The summed E-state index contributed by atoms with van der Waals surface area (Å²) in [6.45, 7) is 7.41. The van der Waals surface area contributed by atoms with Crippen molar-refractivity contribution in [1.82, 2.24) is 4.90 Å². The van der Waals surface area contributed by atoms with Gasteiger partial charge < -0.3 is 11.1 Å². The highest BCUT2D eigenvalue weighted by Gasteiger charge is 2.12. The average Bonchev–Trinajstić information content (AvgIpc) is 2.42. The van der Waals surface area contributed by atoms with Crippen LogP contribution in [0.3, 0.4) is 0 Å². The molecular weight excluding hydrogens is 264 g/mol. The lowest BCUT2D eigenvalue weighted by atomic mass is 10.1. The SMILES string of the molecule is Cc1ccc(N)cc1NC(=O)CCN(CCC#N)C(C)C. The van der Waals surface area contributed by atoms with Crippen LogP contribution in [-0.4, -0.2) is 29.9 Å². The number of nitrogens with two attached hydrogens (primary N) is 1. The number of hydrogen-bond acceptors (Lipinski definition) is 4. The zero-order chi connectivity index (χ0) is 15.8. The van der Waals surface area contributed by atoms with Crippen LogP contribution < -0.4 is 11.1 Å². The largest absolute Gasteiger partial charge is 0.399 e. The van der Waals surface area contributed by atoms with Crippen molar-refractivity contribution in [3.63, 3.8) is 0 Å². The Balaban J connectivity index is 2.53. The molecule has 21 heavy (non-hydrogen) atoms. The third-order valence-corrected chi connectivity index (χ3v) is 3.40. The number of amides is 1. The quantitative estimate of drug-likeness (QED) is 0.755. The number of carbonyl (C=O) groups excluding carboxylic acids is 1. The molecule has 0 spiro atoms. The van der Waals surface area contributed by atoms with Gasteiger partial charge in [0.1, 0.15) is 0 Å². The number of anilines is 2. The van der Waals surface area contributed by atoms with Gasteiger partial charge in [-0.15, -0.1) is 0 Å². The molecule has 1 rings (SSSR count). The van der Waals surface area contributed by atoms with Crippen molar-refractivity contribution in [2.24, 2.45) is 0 Å². The summed E-state index contributed by atoms with van der Waals surface area (Å²) in [7, 11) is 0. The maximum absolute atomic E-state index is 12.0. The van der Waals surface area contributed by atoms with Gasteiger partial charge in [-0.25, -0.2) is 0 Å². The normalized spacial score (nSPS) is 10.7. The molecule has 1 aromatic carbocycles. The summed E-state index contributed by atoms with van der Waals surface area (Å²) in [5.41, 5.74) is 8.11. The van der Waals surface area contributed by atoms with Gasteiger partial charge >= 0.3 is 0 Å². The minimum atomic E-state index is -0.0358. The predicted molar refractivity (Wildman–Crippen MR) is 85.8 cm³/mol. The molecule has 0 saturated carbocycles. The number of rotatable bonds is 7. The maximum Gasteiger partial charge on any atom is 0.225 e. The molecular formula is C16H24N4O. The highest BCUT2D eigenvalue weighted by atomic mass is 16.1. The van der Waals surface area contributed by atoms with Gasteiger partial charge in [-0.3, -0.25) is 9.69 Å². The first-order chi connectivity index (χ1) is 9.93. The van der Waals surface area contributed by atoms with E-state index in [9.17, 15) is 4.79 Å². The minimum Gasteiger partial charge on any atom is -0.399 e. The molecule has 0 aliphatic rings. The van der Waals surface area contributed by atoms with E-state index in [1.807, 2.05) is 19.1 Å². The van der Waals surface area contributed by atoms with Crippen LogP contribution in [0, 0.1) is 18.3 Å². The number of nitriles is 1. The Labute approximate surface area is 126 Å². The van der Waals surface area contributed by atoms with Crippen LogP contribution in [0.1, 0.15) is 32.3 Å². The van der Waals surface area contributed by atoms with Crippen LogP contribution in [0.5, 0.6) is 0 Å². The molecule has 0 aromatic heterocycles. The second kappa shape index (κ2) is 8.28. The van der Waals surface area contributed by atoms with Crippen LogP contribution >= 0.6 is 0 Å². The number of nitrogens with one attached hydrogen (secondary N) is 1. The fraction of sp³-hybridized carbons (Fsp3) is 0.500. The van der Waals surface area contributed by atoms with Crippen molar-refractivity contribution in [1.29, 1.82) is 5.26 Å². The van der Waals surface area contributed by atoms with Gasteiger partial charge in [0, 0.05) is 43.3 Å². The van der Waals surface area contributed by atoms with Crippen LogP contribution in [0.15, 0.2) is 18.2 Å². The van der Waals surface area contributed by atoms with E-state index in [-0.39, 0.29) is 5.91 Å². The van der Waals surface area contributed by atoms with Gasteiger partial charge in [0.05, 0.1) is 6.07 Å². The smallest absolute Gasteiger partial charge is 0.225 e. The maximum atomic E-state index is 12.0. The molecule has 0 aliphatic carbocycles. The lowest BCUT2D eigenvalue weighted by Crippen LogP contribution is -2.34. The predicted octanol–water partition coefficient (Wildman–Crippen LogP) is 2.53. The highest BCUT2D eigenvalue weighted by molar-refractivity contribution is 5.92. The highest BCUT2D eigenvalue weighted by Crippen LogP contribution is 2.18. The standard InChI is InChI=1S/C16H24N4O/c1-12(2)20(9-4-8-17)10-7-16(21)19-15-11-14(18)6-5-13(15)3/h5-6,11-12H,4,7,9-10,18H2,1-3H3,(H,19,21). The molecule has 0 atom stereocenters. The number of aryl methyl sites for hydroxylation is 1. The molecule has 0 fully saturated rings. The number of benzene rings is 1. The molecule has 114 valence electrons. The molecule has 0 bridgehead atoms. The van der Waals surface area contributed by atoms with E-state index in [0.717, 1.165) is 11.3 Å². The third-order valence-electron chi connectivity index (χ3n) is 3.40. The minimum absolute atomic E-state index is 0.0358. The van der Waals surface area contributed by atoms with Gasteiger partial charge in [-0.1, -0.05) is 6.07 Å². The first-order valence-electron chi connectivity index (χ1n) is 7.21.